The van der Waals surface area contributed by atoms with Gasteiger partial charge in [-0.2, -0.15) is 0 Å². The van der Waals surface area contributed by atoms with E-state index in [1.54, 1.807) is 6.08 Å². The number of amides is 1. The highest BCUT2D eigenvalue weighted by atomic mass is 31.2. The second-order valence-corrected chi connectivity index (χ2v) is 24.1. The van der Waals surface area contributed by atoms with Crippen LogP contribution in [0.5, 0.6) is 0 Å². The Morgan fingerprint density at radius 1 is 0.444 bits per heavy atom. The second kappa shape index (κ2) is 61.0. The molecule has 3 atom stereocenters. The van der Waals surface area contributed by atoms with E-state index in [1.807, 2.05) is 27.2 Å². The molecule has 0 spiro atoms. The molecule has 8 nitrogen and oxygen atoms in total. The van der Waals surface area contributed by atoms with Gasteiger partial charge in [0.05, 0.1) is 39.9 Å². The Balaban J connectivity index is 4.23. The number of quaternary nitrogens is 1. The minimum atomic E-state index is -4.63. The van der Waals surface area contributed by atoms with Crippen LogP contribution in [0, 0.1) is 0 Å². The van der Waals surface area contributed by atoms with Gasteiger partial charge in [0.15, 0.2) is 0 Å². The van der Waals surface area contributed by atoms with Crippen molar-refractivity contribution in [3.63, 3.8) is 0 Å². The molecule has 0 bridgehead atoms. The van der Waals surface area contributed by atoms with E-state index in [2.05, 4.69) is 153 Å². The zero-order chi connectivity index (χ0) is 59.1. The number of phosphoric ester groups is 1. The Bertz CT molecular complexity index is 1830. The maximum absolute atomic E-state index is 13.0. The van der Waals surface area contributed by atoms with E-state index in [0.717, 1.165) is 116 Å². The van der Waals surface area contributed by atoms with Crippen LogP contribution in [0.4, 0.5) is 0 Å². The fourth-order valence-corrected chi connectivity index (χ4v) is 9.43. The molecule has 0 radical (unpaired) electrons. The van der Waals surface area contributed by atoms with Crippen LogP contribution in [0.2, 0.25) is 0 Å². The molecule has 0 aromatic carbocycles. The van der Waals surface area contributed by atoms with Crippen LogP contribution in [-0.4, -0.2) is 68.5 Å². The molecule has 0 aliphatic heterocycles. The van der Waals surface area contributed by atoms with Crippen LogP contribution in [0.15, 0.2) is 146 Å². The van der Waals surface area contributed by atoms with Gasteiger partial charge in [0.25, 0.3) is 7.82 Å². The second-order valence-electron chi connectivity index (χ2n) is 22.7. The van der Waals surface area contributed by atoms with E-state index in [9.17, 15) is 19.4 Å². The molecule has 0 heterocycles. The summed E-state index contributed by atoms with van der Waals surface area (Å²) in [5.41, 5.74) is 0. The molecule has 0 saturated heterocycles. The standard InChI is InChI=1S/C72H123N2O6P/c1-6-8-10-12-14-16-18-20-22-24-26-28-30-31-32-33-34-35-36-37-38-39-40-41-42-43-44-46-48-50-52-54-56-58-60-62-64-66-72(76)73-70(69-80-81(77,78)79-68-67-74(3,4)5)71(75)65-63-61-59-57-55-53-51-49-47-45-29-27-25-23-21-19-17-15-13-11-9-7-2/h8,10,14,16,20,22,26,28,31-32,34-35,37-38,40-41,43-44,47,49,55,57,63,65,70-71,75H,6-7,9,11-13,15,17-19,21,23-25,27,29-30,33,36,39,42,45-46,48,50-54,56,58-62,64,66-69H2,1-5H3,(H-,73,76,77,78)/b10-8-,16-14-,22-20-,28-26-,32-31-,35-34-,38-37-,41-40-,44-43-,49-47+,57-55+,65-63+. The third kappa shape index (κ3) is 63.8. The Morgan fingerprint density at radius 3 is 1.15 bits per heavy atom. The molecular weight excluding hydrogens is 1020 g/mol. The first-order valence-electron chi connectivity index (χ1n) is 32.7. The number of rotatable bonds is 58. The molecule has 0 aromatic heterocycles. The van der Waals surface area contributed by atoms with Crippen LogP contribution in [0.1, 0.15) is 251 Å². The predicted octanol–water partition coefficient (Wildman–Crippen LogP) is 20.2. The summed E-state index contributed by atoms with van der Waals surface area (Å²) in [6.45, 7) is 4.50. The van der Waals surface area contributed by atoms with Crippen LogP contribution in [0.3, 0.4) is 0 Å². The van der Waals surface area contributed by atoms with Crippen molar-refractivity contribution in [3.8, 4) is 0 Å². The van der Waals surface area contributed by atoms with E-state index in [-0.39, 0.29) is 12.5 Å². The molecule has 81 heavy (non-hydrogen) atoms. The molecule has 0 aromatic rings. The normalized spacial score (nSPS) is 14.7. The zero-order valence-electron chi connectivity index (χ0n) is 52.7. The first-order chi connectivity index (χ1) is 39.5. The summed E-state index contributed by atoms with van der Waals surface area (Å²) in [6, 6.07) is -0.925. The Labute approximate surface area is 499 Å². The van der Waals surface area contributed by atoms with Crippen molar-refractivity contribution < 1.29 is 32.9 Å². The summed E-state index contributed by atoms with van der Waals surface area (Å²) >= 11 is 0. The molecule has 0 aliphatic rings. The van der Waals surface area contributed by atoms with Crippen LogP contribution in [-0.2, 0) is 18.4 Å². The highest BCUT2D eigenvalue weighted by Crippen LogP contribution is 2.38. The number of carbonyl (C=O) groups is 1. The lowest BCUT2D eigenvalue weighted by Gasteiger charge is -2.29. The van der Waals surface area contributed by atoms with Gasteiger partial charge in [-0.05, 0) is 116 Å². The van der Waals surface area contributed by atoms with Crippen molar-refractivity contribution in [2.75, 3.05) is 40.9 Å². The van der Waals surface area contributed by atoms with Crippen LogP contribution in [0.25, 0.3) is 0 Å². The summed E-state index contributed by atoms with van der Waals surface area (Å²) in [6.07, 6.45) is 93.7. The molecule has 0 rings (SSSR count). The molecule has 0 saturated carbocycles. The first-order valence-corrected chi connectivity index (χ1v) is 34.2. The van der Waals surface area contributed by atoms with Crippen molar-refractivity contribution in [2.45, 2.75) is 264 Å². The summed E-state index contributed by atoms with van der Waals surface area (Å²) in [5.74, 6) is -0.223. The van der Waals surface area contributed by atoms with E-state index in [4.69, 9.17) is 9.05 Å². The maximum Gasteiger partial charge on any atom is 0.268 e. The van der Waals surface area contributed by atoms with Crippen molar-refractivity contribution in [1.82, 2.24) is 5.32 Å². The number of unbranched alkanes of at least 4 members (excludes halogenated alkanes) is 23. The largest absolute Gasteiger partial charge is 0.756 e. The molecule has 2 N–H and O–H groups in total. The molecule has 0 fully saturated rings. The summed E-state index contributed by atoms with van der Waals surface area (Å²) < 4.78 is 23.4. The van der Waals surface area contributed by atoms with Gasteiger partial charge in [-0.25, -0.2) is 0 Å². The minimum absolute atomic E-state index is 0.0174. The maximum atomic E-state index is 13.0. The topological polar surface area (TPSA) is 108 Å². The Hall–Kier alpha value is -3.62. The van der Waals surface area contributed by atoms with Gasteiger partial charge in [-0.1, -0.05) is 275 Å². The van der Waals surface area contributed by atoms with E-state index in [0.29, 0.717) is 17.4 Å². The van der Waals surface area contributed by atoms with Gasteiger partial charge < -0.3 is 28.8 Å². The molecule has 9 heteroatoms. The Morgan fingerprint density at radius 2 is 0.765 bits per heavy atom. The van der Waals surface area contributed by atoms with Gasteiger partial charge in [0.1, 0.15) is 13.2 Å². The number of hydrogen-bond acceptors (Lipinski definition) is 6. The zero-order valence-corrected chi connectivity index (χ0v) is 53.6. The number of nitrogens with zero attached hydrogens (tertiary/aromatic N) is 1. The number of hydrogen-bond donors (Lipinski definition) is 2. The van der Waals surface area contributed by atoms with Gasteiger partial charge in [-0.3, -0.25) is 9.36 Å². The SMILES string of the molecule is CC/C=C\C/C=C\C/C=C\C/C=C\C/C=C\C/C=C\C/C=C\C/C=C\C/C=C\CCCCCCCCCCCC(=O)NC(COP(=O)([O-])OCC[N+](C)(C)C)C(O)/C=C/CC/C=C/CC/C=C/CCCCCCCCCCCCCC. The number of likely N-dealkylation sites (N-methyl/N-ethyl adjacent to an activating group) is 1. The van der Waals surface area contributed by atoms with Gasteiger partial charge in [0.2, 0.25) is 5.91 Å². The van der Waals surface area contributed by atoms with Crippen LogP contribution >= 0.6 is 7.82 Å². The smallest absolute Gasteiger partial charge is 0.268 e. The number of phosphoric acid groups is 1. The monoisotopic (exact) mass is 1140 g/mol. The highest BCUT2D eigenvalue weighted by molar-refractivity contribution is 7.45. The van der Waals surface area contributed by atoms with Crippen molar-refractivity contribution >= 4 is 13.7 Å². The van der Waals surface area contributed by atoms with Crippen molar-refractivity contribution in [2.24, 2.45) is 0 Å². The average Bonchev–Trinajstić information content (AvgIpc) is 3.43. The van der Waals surface area contributed by atoms with Gasteiger partial charge >= 0.3 is 0 Å². The fraction of sp³-hybridized carbons (Fsp3) is 0.653. The summed E-state index contributed by atoms with van der Waals surface area (Å²) in [5, 5.41) is 13.9. The lowest BCUT2D eigenvalue weighted by atomic mass is 10.0. The number of carbonyl (C=O) groups excluding carboxylic acids is 1. The third-order valence-electron chi connectivity index (χ3n) is 13.8. The average molecular weight is 1140 g/mol. The van der Waals surface area contributed by atoms with Crippen molar-refractivity contribution in [1.29, 1.82) is 0 Å². The van der Waals surface area contributed by atoms with E-state index >= 15 is 0 Å². The molecule has 462 valence electrons. The highest BCUT2D eigenvalue weighted by Gasteiger charge is 2.23. The quantitative estimate of drug-likeness (QED) is 0.0272. The molecule has 1 amide bonds. The molecule has 3 unspecified atom stereocenters. The van der Waals surface area contributed by atoms with Gasteiger partial charge in [0, 0.05) is 6.42 Å². The number of nitrogens with one attached hydrogen (secondary N) is 1. The molecule has 0 aliphatic carbocycles. The third-order valence-corrected chi connectivity index (χ3v) is 14.7. The lowest BCUT2D eigenvalue weighted by molar-refractivity contribution is -0.870. The Kier molecular flexibility index (Phi) is 58.2. The van der Waals surface area contributed by atoms with Crippen LogP contribution < -0.4 is 10.2 Å². The van der Waals surface area contributed by atoms with Crippen molar-refractivity contribution in [3.05, 3.63) is 146 Å². The lowest BCUT2D eigenvalue weighted by Crippen LogP contribution is -2.45. The molecular formula is C72H123N2O6P. The minimum Gasteiger partial charge on any atom is -0.756 e. The number of aliphatic hydroxyl groups is 1. The summed E-state index contributed by atoms with van der Waals surface area (Å²) in [7, 11) is 1.21. The fourth-order valence-electron chi connectivity index (χ4n) is 8.71. The number of aliphatic hydroxyl groups excluding tert-OH is 1. The summed E-state index contributed by atoms with van der Waals surface area (Å²) in [4.78, 5) is 25.6. The van der Waals surface area contributed by atoms with Gasteiger partial charge in [-0.15, -0.1) is 0 Å². The van der Waals surface area contributed by atoms with E-state index in [1.165, 1.54) is 116 Å². The predicted molar refractivity (Wildman–Crippen MR) is 352 cm³/mol. The number of allylic oxidation sites excluding steroid dienone is 23. The first kappa shape index (κ1) is 77.4. The van der Waals surface area contributed by atoms with E-state index < -0.39 is 26.6 Å².